The molecule has 2 aromatic carbocycles. The van der Waals surface area contributed by atoms with E-state index in [0.29, 0.717) is 0 Å². The number of aromatic amines is 1. The second-order valence-corrected chi connectivity index (χ2v) is 8.05. The van der Waals surface area contributed by atoms with Crippen LogP contribution < -0.4 is 10.6 Å². The number of nitrogen functional groups attached to an aromatic ring is 1. The number of hydrogen-bond acceptors (Lipinski definition) is 4. The molecule has 0 unspecified atom stereocenters. The summed E-state index contributed by atoms with van der Waals surface area (Å²) in [5.41, 5.74) is 11.6. The molecule has 0 bridgehead atoms. The molecule has 29 heavy (non-hydrogen) atoms. The lowest BCUT2D eigenvalue weighted by molar-refractivity contribution is 0.253. The summed E-state index contributed by atoms with van der Waals surface area (Å²) in [6.07, 6.45) is 7.44. The summed E-state index contributed by atoms with van der Waals surface area (Å²) in [6, 6.07) is 14.6. The molecule has 1 fully saturated rings. The van der Waals surface area contributed by atoms with Crippen LogP contribution in [0.5, 0.6) is 0 Å². The summed E-state index contributed by atoms with van der Waals surface area (Å²) >= 11 is 0. The van der Waals surface area contributed by atoms with Crippen LogP contribution in [-0.4, -0.2) is 42.6 Å². The zero-order chi connectivity index (χ0) is 19.6. The van der Waals surface area contributed by atoms with E-state index < -0.39 is 0 Å². The number of aromatic nitrogens is 1. The second-order valence-electron chi connectivity index (χ2n) is 8.05. The number of nitrogens with two attached hydrogens (primary N) is 1. The first-order valence-corrected chi connectivity index (χ1v) is 10.6. The predicted molar refractivity (Wildman–Crippen MR) is 121 cm³/mol. The Hall–Kier alpha value is -2.92. The van der Waals surface area contributed by atoms with Gasteiger partial charge in [0, 0.05) is 60.0 Å². The minimum absolute atomic E-state index is 0.836. The van der Waals surface area contributed by atoms with E-state index in [1.165, 1.54) is 46.9 Å². The van der Waals surface area contributed by atoms with Crippen LogP contribution in [0.15, 0.2) is 59.3 Å². The van der Waals surface area contributed by atoms with Crippen molar-refractivity contribution in [1.29, 1.82) is 0 Å². The van der Waals surface area contributed by atoms with Crippen LogP contribution in [0.25, 0.3) is 21.9 Å². The third-order valence-corrected chi connectivity index (χ3v) is 6.14. The fraction of sp³-hybridized carbons (Fsp3) is 0.333. The van der Waals surface area contributed by atoms with Crippen molar-refractivity contribution in [2.45, 2.75) is 19.3 Å². The molecule has 150 valence electrons. The topological polar surface area (TPSA) is 61.4 Å². The highest BCUT2D eigenvalue weighted by Gasteiger charge is 2.17. The molecule has 0 saturated carbocycles. The van der Waals surface area contributed by atoms with Crippen molar-refractivity contribution in [3.05, 3.63) is 60.5 Å². The second kappa shape index (κ2) is 7.84. The van der Waals surface area contributed by atoms with E-state index in [9.17, 15) is 0 Å². The van der Waals surface area contributed by atoms with Crippen molar-refractivity contribution in [3.63, 3.8) is 0 Å². The number of nitrogens with zero attached hydrogens (tertiary/aromatic N) is 2. The van der Waals surface area contributed by atoms with Crippen LogP contribution in [0.3, 0.4) is 0 Å². The fourth-order valence-corrected chi connectivity index (χ4v) is 4.43. The van der Waals surface area contributed by atoms with Crippen molar-refractivity contribution in [3.8, 4) is 0 Å². The van der Waals surface area contributed by atoms with E-state index in [2.05, 4.69) is 51.3 Å². The quantitative estimate of drug-likeness (QED) is 0.373. The molecule has 0 aliphatic carbocycles. The van der Waals surface area contributed by atoms with Crippen LogP contribution >= 0.6 is 0 Å². The number of benzene rings is 2. The van der Waals surface area contributed by atoms with Crippen LogP contribution in [0.4, 0.5) is 11.4 Å². The number of piperazine rings is 1. The van der Waals surface area contributed by atoms with Crippen molar-refractivity contribution in [2.75, 3.05) is 43.4 Å². The van der Waals surface area contributed by atoms with Crippen LogP contribution in [0, 0.1) is 0 Å². The Morgan fingerprint density at radius 3 is 2.76 bits per heavy atom. The van der Waals surface area contributed by atoms with Crippen molar-refractivity contribution in [1.82, 2.24) is 9.88 Å². The highest BCUT2D eigenvalue weighted by atomic mass is 16.3. The SMILES string of the molecule is Nc1ccc2[nH]cc(CCCCN3CCN(c4ccc5occc5c4)CC3)c2c1. The maximum Gasteiger partial charge on any atom is 0.133 e. The highest BCUT2D eigenvalue weighted by molar-refractivity contribution is 5.86. The predicted octanol–water partition coefficient (Wildman–Crippen LogP) is 4.64. The van der Waals surface area contributed by atoms with Crippen LogP contribution in [0.2, 0.25) is 0 Å². The molecule has 5 nitrogen and oxygen atoms in total. The first-order chi connectivity index (χ1) is 14.3. The molecule has 2 aromatic heterocycles. The van der Waals surface area contributed by atoms with E-state index in [0.717, 1.165) is 43.9 Å². The van der Waals surface area contributed by atoms with Crippen molar-refractivity contribution in [2.24, 2.45) is 0 Å². The molecule has 0 spiro atoms. The van der Waals surface area contributed by atoms with Gasteiger partial charge in [-0.15, -0.1) is 0 Å². The lowest BCUT2D eigenvalue weighted by Crippen LogP contribution is -2.46. The highest BCUT2D eigenvalue weighted by Crippen LogP contribution is 2.25. The molecule has 0 atom stereocenters. The van der Waals surface area contributed by atoms with Crippen molar-refractivity contribution >= 4 is 33.2 Å². The average molecular weight is 389 g/mol. The van der Waals surface area contributed by atoms with Gasteiger partial charge in [0.2, 0.25) is 0 Å². The third-order valence-electron chi connectivity index (χ3n) is 6.14. The summed E-state index contributed by atoms with van der Waals surface area (Å²) < 4.78 is 5.45. The molecule has 1 aliphatic rings. The Bertz CT molecular complexity index is 1100. The Balaban J connectivity index is 1.09. The number of hydrogen-bond donors (Lipinski definition) is 2. The van der Waals surface area contributed by atoms with Gasteiger partial charge in [-0.25, -0.2) is 0 Å². The van der Waals surface area contributed by atoms with Gasteiger partial charge in [-0.2, -0.15) is 0 Å². The number of anilines is 2. The number of nitrogens with one attached hydrogen (secondary N) is 1. The van der Waals surface area contributed by atoms with E-state index in [4.69, 9.17) is 10.2 Å². The van der Waals surface area contributed by atoms with E-state index >= 15 is 0 Å². The number of furan rings is 1. The van der Waals surface area contributed by atoms with Gasteiger partial charge >= 0.3 is 0 Å². The number of unbranched alkanes of at least 4 members (excludes halogenated alkanes) is 1. The Labute approximate surface area is 171 Å². The molecule has 4 aromatic rings. The molecular formula is C24H28N4O. The zero-order valence-corrected chi connectivity index (χ0v) is 16.7. The normalized spacial score (nSPS) is 15.5. The van der Waals surface area contributed by atoms with E-state index in [-0.39, 0.29) is 0 Å². The first-order valence-electron chi connectivity index (χ1n) is 10.6. The monoisotopic (exact) mass is 388 g/mol. The standard InChI is InChI=1S/C24H28N4O/c25-20-4-6-23-22(16-20)19(17-26-23)3-1-2-9-27-10-12-28(13-11-27)21-5-7-24-18(15-21)8-14-29-24/h4-8,14-17,26H,1-3,9-13,25H2. The van der Waals surface area contributed by atoms with E-state index in [1.54, 1.807) is 6.26 Å². The lowest BCUT2D eigenvalue weighted by atomic mass is 10.1. The molecule has 0 radical (unpaired) electrons. The minimum atomic E-state index is 0.836. The number of fused-ring (bicyclic) bond motifs is 2. The molecule has 0 amide bonds. The third kappa shape index (κ3) is 3.83. The van der Waals surface area contributed by atoms with Gasteiger partial charge in [-0.05, 0) is 73.8 Å². The van der Waals surface area contributed by atoms with Gasteiger partial charge in [0.15, 0.2) is 0 Å². The smallest absolute Gasteiger partial charge is 0.133 e. The summed E-state index contributed by atoms with van der Waals surface area (Å²) in [5, 5.41) is 2.46. The molecule has 1 saturated heterocycles. The molecule has 5 rings (SSSR count). The molecule has 5 heteroatoms. The molecule has 1 aliphatic heterocycles. The Morgan fingerprint density at radius 2 is 1.86 bits per heavy atom. The molecule has 3 N–H and O–H groups in total. The number of rotatable bonds is 6. The Kier molecular flexibility index (Phi) is 4.90. The molecular weight excluding hydrogens is 360 g/mol. The van der Waals surface area contributed by atoms with Gasteiger partial charge in [-0.3, -0.25) is 4.90 Å². The van der Waals surface area contributed by atoms with Crippen LogP contribution in [-0.2, 0) is 6.42 Å². The Morgan fingerprint density at radius 1 is 0.966 bits per heavy atom. The first kappa shape index (κ1) is 18.1. The van der Waals surface area contributed by atoms with Gasteiger partial charge in [-0.1, -0.05) is 0 Å². The maximum atomic E-state index is 5.95. The largest absolute Gasteiger partial charge is 0.464 e. The molecule has 3 heterocycles. The minimum Gasteiger partial charge on any atom is -0.464 e. The zero-order valence-electron chi connectivity index (χ0n) is 16.7. The van der Waals surface area contributed by atoms with Gasteiger partial charge in [0.05, 0.1) is 6.26 Å². The number of H-pyrrole nitrogens is 1. The van der Waals surface area contributed by atoms with Gasteiger partial charge < -0.3 is 20.0 Å². The summed E-state index contributed by atoms with van der Waals surface area (Å²) in [4.78, 5) is 8.44. The lowest BCUT2D eigenvalue weighted by Gasteiger charge is -2.36. The summed E-state index contributed by atoms with van der Waals surface area (Å²) in [7, 11) is 0. The summed E-state index contributed by atoms with van der Waals surface area (Å²) in [6.45, 7) is 5.62. The average Bonchev–Trinajstić information content (AvgIpc) is 3.38. The van der Waals surface area contributed by atoms with Crippen molar-refractivity contribution < 1.29 is 4.42 Å². The number of aryl methyl sites for hydroxylation is 1. The summed E-state index contributed by atoms with van der Waals surface area (Å²) in [5.74, 6) is 0. The van der Waals surface area contributed by atoms with Gasteiger partial charge in [0.1, 0.15) is 5.58 Å². The maximum absolute atomic E-state index is 5.95. The van der Waals surface area contributed by atoms with Crippen LogP contribution in [0.1, 0.15) is 18.4 Å². The fourth-order valence-electron chi connectivity index (χ4n) is 4.43. The van der Waals surface area contributed by atoms with Gasteiger partial charge in [0.25, 0.3) is 0 Å². The van der Waals surface area contributed by atoms with E-state index in [1.807, 2.05) is 12.1 Å².